The summed E-state index contributed by atoms with van der Waals surface area (Å²) < 4.78 is 14.1. The molecule has 1 aromatic carbocycles. The van der Waals surface area contributed by atoms with Crippen molar-refractivity contribution in [2.24, 2.45) is 0 Å². The summed E-state index contributed by atoms with van der Waals surface area (Å²) in [6, 6.07) is 6.88. The molecule has 4 heteroatoms. The molecule has 1 aliphatic carbocycles. The van der Waals surface area contributed by atoms with Gasteiger partial charge < -0.3 is 10.6 Å². The summed E-state index contributed by atoms with van der Waals surface area (Å²) in [7, 11) is 1.86. The Kier molecular flexibility index (Phi) is 4.76. The van der Waals surface area contributed by atoms with E-state index in [4.69, 9.17) is 0 Å². The van der Waals surface area contributed by atoms with Crippen molar-refractivity contribution >= 4 is 5.91 Å². The number of rotatable bonds is 5. The van der Waals surface area contributed by atoms with E-state index in [1.165, 1.54) is 6.07 Å². The van der Waals surface area contributed by atoms with Crippen LogP contribution in [0.1, 0.15) is 38.2 Å². The maximum Gasteiger partial charge on any atom is 0.230 e. The highest BCUT2D eigenvalue weighted by molar-refractivity contribution is 5.88. The van der Waals surface area contributed by atoms with Crippen LogP contribution in [0.25, 0.3) is 0 Å². The molecular weight excluding hydrogens is 255 g/mol. The first-order valence-corrected chi connectivity index (χ1v) is 7.31. The molecule has 1 unspecified atom stereocenters. The number of benzene rings is 1. The fraction of sp³-hybridized carbons (Fsp3) is 0.562. The number of carbonyl (C=O) groups excluding carboxylic acids is 1. The molecule has 0 aromatic heterocycles. The summed E-state index contributed by atoms with van der Waals surface area (Å²) >= 11 is 0. The molecule has 0 spiro atoms. The molecule has 1 amide bonds. The van der Waals surface area contributed by atoms with Gasteiger partial charge in [-0.25, -0.2) is 4.39 Å². The van der Waals surface area contributed by atoms with Gasteiger partial charge >= 0.3 is 0 Å². The monoisotopic (exact) mass is 278 g/mol. The maximum absolute atomic E-state index is 14.1. The molecule has 1 aliphatic rings. The number of halogens is 1. The topological polar surface area (TPSA) is 41.1 Å². The van der Waals surface area contributed by atoms with E-state index >= 15 is 0 Å². The van der Waals surface area contributed by atoms with E-state index in [1.54, 1.807) is 12.1 Å². The number of carbonyl (C=O) groups is 1. The molecule has 110 valence electrons. The summed E-state index contributed by atoms with van der Waals surface area (Å²) in [6.45, 7) is 2.57. The molecule has 1 saturated carbocycles. The molecule has 0 heterocycles. The minimum Gasteiger partial charge on any atom is -0.354 e. The summed E-state index contributed by atoms with van der Waals surface area (Å²) in [5.74, 6) is -0.312. The highest BCUT2D eigenvalue weighted by Crippen LogP contribution is 2.42. The normalized spacial score (nSPS) is 18.8. The predicted molar refractivity (Wildman–Crippen MR) is 78.1 cm³/mol. The van der Waals surface area contributed by atoms with Crippen molar-refractivity contribution in [2.45, 2.75) is 44.1 Å². The predicted octanol–water partition coefficient (Wildman–Crippen LogP) is 2.36. The molecule has 3 nitrogen and oxygen atoms in total. The van der Waals surface area contributed by atoms with Crippen LogP contribution >= 0.6 is 0 Å². The Morgan fingerprint density at radius 2 is 2.00 bits per heavy atom. The van der Waals surface area contributed by atoms with Gasteiger partial charge in [-0.15, -0.1) is 0 Å². The fourth-order valence-corrected chi connectivity index (χ4v) is 2.96. The Morgan fingerprint density at radius 1 is 1.35 bits per heavy atom. The number of nitrogens with one attached hydrogen (secondary N) is 2. The van der Waals surface area contributed by atoms with Gasteiger partial charge in [0.25, 0.3) is 0 Å². The Hall–Kier alpha value is -1.42. The van der Waals surface area contributed by atoms with Crippen molar-refractivity contribution in [1.82, 2.24) is 10.6 Å². The third-order valence-electron chi connectivity index (χ3n) is 4.34. The number of hydrogen-bond donors (Lipinski definition) is 2. The van der Waals surface area contributed by atoms with Gasteiger partial charge in [0.05, 0.1) is 5.41 Å². The van der Waals surface area contributed by atoms with Crippen LogP contribution in [0.5, 0.6) is 0 Å². The molecule has 2 rings (SSSR count). The van der Waals surface area contributed by atoms with Gasteiger partial charge in [0.15, 0.2) is 0 Å². The molecule has 0 aliphatic heterocycles. The van der Waals surface area contributed by atoms with Gasteiger partial charge in [-0.2, -0.15) is 0 Å². The first-order chi connectivity index (χ1) is 9.60. The number of amides is 1. The van der Waals surface area contributed by atoms with Gasteiger partial charge in [-0.3, -0.25) is 4.79 Å². The summed E-state index contributed by atoms with van der Waals surface area (Å²) in [6.07, 6.45) is 3.41. The highest BCUT2D eigenvalue weighted by Gasteiger charge is 2.44. The largest absolute Gasteiger partial charge is 0.354 e. The Labute approximate surface area is 120 Å². The average molecular weight is 278 g/mol. The Morgan fingerprint density at radius 3 is 2.60 bits per heavy atom. The van der Waals surface area contributed by atoms with Crippen molar-refractivity contribution < 1.29 is 9.18 Å². The standard InChI is InChI=1S/C16H23FN2O/c1-12(18-2)11-19-15(20)16(9-5-6-10-16)13-7-3-4-8-14(13)17/h3-4,7-8,12,18H,5-6,9-11H2,1-2H3,(H,19,20). The summed E-state index contributed by atoms with van der Waals surface area (Å²) in [5.41, 5.74) is -0.133. The third kappa shape index (κ3) is 2.85. The lowest BCUT2D eigenvalue weighted by molar-refractivity contribution is -0.126. The quantitative estimate of drug-likeness (QED) is 0.868. The molecule has 0 bridgehead atoms. The van der Waals surface area contributed by atoms with E-state index in [0.29, 0.717) is 12.1 Å². The zero-order chi connectivity index (χ0) is 14.6. The molecule has 0 saturated heterocycles. The van der Waals surface area contributed by atoms with Gasteiger partial charge in [0.2, 0.25) is 5.91 Å². The second kappa shape index (κ2) is 6.35. The van der Waals surface area contributed by atoms with E-state index in [1.807, 2.05) is 20.0 Å². The minimum atomic E-state index is -0.682. The molecule has 0 radical (unpaired) electrons. The Balaban J connectivity index is 2.22. The van der Waals surface area contributed by atoms with Crippen LogP contribution in [0, 0.1) is 5.82 Å². The van der Waals surface area contributed by atoms with Crippen molar-refractivity contribution in [2.75, 3.05) is 13.6 Å². The summed E-state index contributed by atoms with van der Waals surface area (Å²) in [5, 5.41) is 6.06. The smallest absolute Gasteiger partial charge is 0.230 e. The van der Waals surface area contributed by atoms with E-state index in [0.717, 1.165) is 25.7 Å². The van der Waals surface area contributed by atoms with Crippen LogP contribution in [-0.2, 0) is 10.2 Å². The van der Waals surface area contributed by atoms with Gasteiger partial charge in [-0.1, -0.05) is 31.0 Å². The van der Waals surface area contributed by atoms with Crippen molar-refractivity contribution in [3.05, 3.63) is 35.6 Å². The van der Waals surface area contributed by atoms with Crippen LogP contribution in [0.3, 0.4) is 0 Å². The van der Waals surface area contributed by atoms with E-state index in [9.17, 15) is 9.18 Å². The van der Waals surface area contributed by atoms with Crippen LogP contribution in [0.15, 0.2) is 24.3 Å². The molecule has 2 N–H and O–H groups in total. The number of likely N-dealkylation sites (N-methyl/N-ethyl adjacent to an activating group) is 1. The maximum atomic E-state index is 14.1. The molecule has 1 atom stereocenters. The molecule has 1 aromatic rings. The lowest BCUT2D eigenvalue weighted by Gasteiger charge is -2.29. The van der Waals surface area contributed by atoms with Crippen LogP contribution in [-0.4, -0.2) is 25.5 Å². The van der Waals surface area contributed by atoms with Crippen molar-refractivity contribution in [3.8, 4) is 0 Å². The zero-order valence-electron chi connectivity index (χ0n) is 12.2. The Bertz CT molecular complexity index is 469. The third-order valence-corrected chi connectivity index (χ3v) is 4.34. The van der Waals surface area contributed by atoms with Crippen molar-refractivity contribution in [3.63, 3.8) is 0 Å². The fourth-order valence-electron chi connectivity index (χ4n) is 2.96. The van der Waals surface area contributed by atoms with Crippen LogP contribution in [0.4, 0.5) is 4.39 Å². The van der Waals surface area contributed by atoms with Gasteiger partial charge in [0, 0.05) is 18.2 Å². The van der Waals surface area contributed by atoms with Crippen LogP contribution in [0.2, 0.25) is 0 Å². The summed E-state index contributed by atoms with van der Waals surface area (Å²) in [4.78, 5) is 12.6. The first kappa shape index (κ1) is 15.0. The zero-order valence-corrected chi connectivity index (χ0v) is 12.2. The molecule has 20 heavy (non-hydrogen) atoms. The second-order valence-corrected chi connectivity index (χ2v) is 5.67. The minimum absolute atomic E-state index is 0.0396. The van der Waals surface area contributed by atoms with Gasteiger partial charge in [0.1, 0.15) is 5.82 Å². The first-order valence-electron chi connectivity index (χ1n) is 7.31. The highest BCUT2D eigenvalue weighted by atomic mass is 19.1. The van der Waals surface area contributed by atoms with Crippen LogP contribution < -0.4 is 10.6 Å². The lowest BCUT2D eigenvalue weighted by Crippen LogP contribution is -2.47. The second-order valence-electron chi connectivity index (χ2n) is 5.67. The van der Waals surface area contributed by atoms with Crippen molar-refractivity contribution in [1.29, 1.82) is 0 Å². The van der Waals surface area contributed by atoms with E-state index < -0.39 is 5.41 Å². The van der Waals surface area contributed by atoms with Gasteiger partial charge in [-0.05, 0) is 32.9 Å². The molecule has 1 fully saturated rings. The lowest BCUT2D eigenvalue weighted by atomic mass is 9.77. The van der Waals surface area contributed by atoms with E-state index in [2.05, 4.69) is 10.6 Å². The molecular formula is C16H23FN2O. The SMILES string of the molecule is CNC(C)CNC(=O)C1(c2ccccc2F)CCCC1. The van der Waals surface area contributed by atoms with E-state index in [-0.39, 0.29) is 17.8 Å². The average Bonchev–Trinajstić information content (AvgIpc) is 2.95. The number of hydrogen-bond acceptors (Lipinski definition) is 2.